The second-order valence-corrected chi connectivity index (χ2v) is 7.53. The van der Waals surface area contributed by atoms with E-state index in [1.807, 2.05) is 6.20 Å². The van der Waals surface area contributed by atoms with E-state index in [2.05, 4.69) is 39.1 Å². The van der Waals surface area contributed by atoms with Gasteiger partial charge in [-0.3, -0.25) is 0 Å². The predicted octanol–water partition coefficient (Wildman–Crippen LogP) is 4.11. The fourth-order valence-electron chi connectivity index (χ4n) is 3.97. The average molecular weight is 352 g/mol. The third-order valence-electron chi connectivity index (χ3n) is 5.26. The summed E-state index contributed by atoms with van der Waals surface area (Å²) in [4.78, 5) is 7.21. The van der Waals surface area contributed by atoms with Crippen molar-refractivity contribution in [3.63, 3.8) is 0 Å². The van der Waals surface area contributed by atoms with Gasteiger partial charge in [-0.25, -0.2) is 4.98 Å². The highest BCUT2D eigenvalue weighted by molar-refractivity contribution is 9.10. The predicted molar refractivity (Wildman–Crippen MR) is 91.7 cm³/mol. The van der Waals surface area contributed by atoms with E-state index >= 15 is 0 Å². The Balaban J connectivity index is 1.72. The monoisotopic (exact) mass is 351 g/mol. The maximum Gasteiger partial charge on any atom is 0.133 e. The van der Waals surface area contributed by atoms with Crippen LogP contribution in [-0.4, -0.2) is 24.6 Å². The molecule has 2 aliphatic rings. The van der Waals surface area contributed by atoms with Crippen molar-refractivity contribution in [3.05, 3.63) is 22.3 Å². The Morgan fingerprint density at radius 2 is 1.95 bits per heavy atom. The summed E-state index contributed by atoms with van der Waals surface area (Å²) in [5.41, 5.74) is 1.99. The van der Waals surface area contributed by atoms with Gasteiger partial charge in [0.15, 0.2) is 0 Å². The van der Waals surface area contributed by atoms with Gasteiger partial charge < -0.3 is 10.2 Å². The van der Waals surface area contributed by atoms with Crippen LogP contribution in [-0.2, 0) is 6.54 Å². The highest BCUT2D eigenvalue weighted by Crippen LogP contribution is 2.46. The van der Waals surface area contributed by atoms with E-state index < -0.39 is 0 Å². The highest BCUT2D eigenvalue weighted by atomic mass is 79.9. The van der Waals surface area contributed by atoms with Gasteiger partial charge in [-0.05, 0) is 59.6 Å². The van der Waals surface area contributed by atoms with Crippen LogP contribution in [0.4, 0.5) is 5.82 Å². The number of hydrogen-bond donors (Lipinski definition) is 1. The first-order valence-corrected chi connectivity index (χ1v) is 9.12. The van der Waals surface area contributed by atoms with Crippen molar-refractivity contribution in [1.82, 2.24) is 10.3 Å². The Morgan fingerprint density at radius 3 is 2.62 bits per heavy atom. The molecule has 1 aliphatic heterocycles. The van der Waals surface area contributed by atoms with Gasteiger partial charge in [0.25, 0.3) is 0 Å². The van der Waals surface area contributed by atoms with Crippen molar-refractivity contribution in [1.29, 1.82) is 0 Å². The first-order valence-electron chi connectivity index (χ1n) is 8.32. The molecule has 1 saturated carbocycles. The van der Waals surface area contributed by atoms with Crippen LogP contribution in [0.2, 0.25) is 0 Å². The molecule has 0 radical (unpaired) electrons. The maximum atomic E-state index is 4.71. The molecule has 2 fully saturated rings. The Labute approximate surface area is 136 Å². The summed E-state index contributed by atoms with van der Waals surface area (Å²) in [5.74, 6) is 1.19. The maximum absolute atomic E-state index is 4.71. The minimum atomic E-state index is 0.674. The number of nitrogens with one attached hydrogen (secondary N) is 1. The molecule has 1 N–H and O–H groups in total. The minimum Gasteiger partial charge on any atom is -0.356 e. The van der Waals surface area contributed by atoms with E-state index in [9.17, 15) is 0 Å². The summed E-state index contributed by atoms with van der Waals surface area (Å²) >= 11 is 3.55. The lowest BCUT2D eigenvalue weighted by molar-refractivity contribution is 0.226. The van der Waals surface area contributed by atoms with E-state index in [0.29, 0.717) is 5.41 Å². The zero-order valence-electron chi connectivity index (χ0n) is 13.0. The third-order valence-corrected chi connectivity index (χ3v) is 5.70. The number of aromatic nitrogens is 1. The van der Waals surface area contributed by atoms with Crippen LogP contribution in [0, 0.1) is 5.41 Å². The summed E-state index contributed by atoms with van der Waals surface area (Å²) < 4.78 is 1.07. The van der Waals surface area contributed by atoms with E-state index in [-0.39, 0.29) is 0 Å². The number of nitrogens with zero attached hydrogens (tertiary/aromatic N) is 2. The Kier molecular flexibility index (Phi) is 4.85. The molecule has 2 heterocycles. The lowest BCUT2D eigenvalue weighted by Crippen LogP contribution is -2.40. The number of hydrogen-bond acceptors (Lipinski definition) is 3. The molecule has 0 aromatic carbocycles. The quantitative estimate of drug-likeness (QED) is 0.884. The van der Waals surface area contributed by atoms with Crippen molar-refractivity contribution >= 4 is 21.7 Å². The highest BCUT2D eigenvalue weighted by Gasteiger charge is 2.37. The normalized spacial score (nSPS) is 21.1. The van der Waals surface area contributed by atoms with Gasteiger partial charge in [0.05, 0.1) is 0 Å². The van der Waals surface area contributed by atoms with Gasteiger partial charge in [0.1, 0.15) is 5.82 Å². The Bertz CT molecular complexity index is 473. The first kappa shape index (κ1) is 15.3. The van der Waals surface area contributed by atoms with Gasteiger partial charge in [-0.2, -0.15) is 0 Å². The van der Waals surface area contributed by atoms with Crippen LogP contribution < -0.4 is 10.2 Å². The van der Waals surface area contributed by atoms with Gasteiger partial charge in [0, 0.05) is 35.9 Å². The van der Waals surface area contributed by atoms with Gasteiger partial charge in [0.2, 0.25) is 0 Å². The molecule has 3 nitrogen and oxygen atoms in total. The largest absolute Gasteiger partial charge is 0.356 e. The summed E-state index contributed by atoms with van der Waals surface area (Å²) in [6.45, 7) is 6.40. The number of pyridine rings is 1. The average Bonchev–Trinajstić information content (AvgIpc) is 2.95. The second kappa shape index (κ2) is 6.66. The molecule has 1 saturated heterocycles. The lowest BCUT2D eigenvalue weighted by atomic mass is 9.77. The fraction of sp³-hybridized carbons (Fsp3) is 0.706. The fourth-order valence-corrected chi connectivity index (χ4v) is 4.35. The number of halogens is 1. The lowest BCUT2D eigenvalue weighted by Gasteiger charge is -2.40. The van der Waals surface area contributed by atoms with Gasteiger partial charge in [-0.15, -0.1) is 0 Å². The van der Waals surface area contributed by atoms with E-state index in [1.54, 1.807) is 0 Å². The van der Waals surface area contributed by atoms with Crippen LogP contribution in [0.3, 0.4) is 0 Å². The summed E-state index contributed by atoms with van der Waals surface area (Å²) in [7, 11) is 0. The molecular weight excluding hydrogens is 326 g/mol. The van der Waals surface area contributed by atoms with Crippen molar-refractivity contribution in [3.8, 4) is 0 Å². The standard InChI is InChI=1S/C17H26BrN3/c1-2-19-12-14-11-15(18)13-20-16(14)21-9-7-17(8-10-21)5-3-4-6-17/h11,13,19H,2-10,12H2,1H3. The molecule has 0 atom stereocenters. The number of anilines is 1. The molecule has 21 heavy (non-hydrogen) atoms. The van der Waals surface area contributed by atoms with E-state index in [4.69, 9.17) is 4.98 Å². The van der Waals surface area contributed by atoms with Crippen molar-refractivity contribution in [2.24, 2.45) is 5.41 Å². The van der Waals surface area contributed by atoms with Gasteiger partial charge >= 0.3 is 0 Å². The minimum absolute atomic E-state index is 0.674. The van der Waals surface area contributed by atoms with Crippen LogP contribution >= 0.6 is 15.9 Å². The van der Waals surface area contributed by atoms with Crippen LogP contribution in [0.25, 0.3) is 0 Å². The molecule has 0 bridgehead atoms. The zero-order valence-corrected chi connectivity index (χ0v) is 14.6. The zero-order chi connectivity index (χ0) is 14.7. The molecule has 4 heteroatoms. The van der Waals surface area contributed by atoms with Crippen LogP contribution in [0.1, 0.15) is 51.0 Å². The molecule has 116 valence electrons. The summed E-state index contributed by atoms with van der Waals surface area (Å²) in [6.07, 6.45) is 10.4. The molecule has 1 aromatic rings. The van der Waals surface area contributed by atoms with E-state index in [0.717, 1.165) is 17.6 Å². The van der Waals surface area contributed by atoms with Crippen molar-refractivity contribution < 1.29 is 0 Å². The van der Waals surface area contributed by atoms with E-state index in [1.165, 1.54) is 63.0 Å². The molecular formula is C17H26BrN3. The van der Waals surface area contributed by atoms with Gasteiger partial charge in [-0.1, -0.05) is 19.8 Å². The SMILES string of the molecule is CCNCc1cc(Br)cnc1N1CCC2(CCCC2)CC1. The summed E-state index contributed by atoms with van der Waals surface area (Å²) in [5, 5.41) is 3.43. The molecule has 1 aromatic heterocycles. The summed E-state index contributed by atoms with van der Waals surface area (Å²) in [6, 6.07) is 2.21. The Hall–Kier alpha value is -0.610. The van der Waals surface area contributed by atoms with Crippen LogP contribution in [0.15, 0.2) is 16.7 Å². The molecule has 1 spiro atoms. The van der Waals surface area contributed by atoms with Crippen LogP contribution in [0.5, 0.6) is 0 Å². The topological polar surface area (TPSA) is 28.2 Å². The Morgan fingerprint density at radius 1 is 1.24 bits per heavy atom. The number of piperidine rings is 1. The number of rotatable bonds is 4. The molecule has 0 unspecified atom stereocenters. The smallest absolute Gasteiger partial charge is 0.133 e. The van der Waals surface area contributed by atoms with Crippen molar-refractivity contribution in [2.75, 3.05) is 24.5 Å². The molecule has 3 rings (SSSR count). The third kappa shape index (κ3) is 3.42. The second-order valence-electron chi connectivity index (χ2n) is 6.61. The molecule has 1 aliphatic carbocycles. The van der Waals surface area contributed by atoms with Crippen molar-refractivity contribution in [2.45, 2.75) is 52.0 Å². The first-order chi connectivity index (χ1) is 10.2. The molecule has 0 amide bonds.